The van der Waals surface area contributed by atoms with Gasteiger partial charge in [-0.25, -0.2) is 0 Å². The predicted octanol–water partition coefficient (Wildman–Crippen LogP) is 1.23. The van der Waals surface area contributed by atoms with E-state index in [-0.39, 0.29) is 17.4 Å². The summed E-state index contributed by atoms with van der Waals surface area (Å²) in [6, 6.07) is 4.66. The van der Waals surface area contributed by atoms with Gasteiger partial charge >= 0.3 is 0 Å². The van der Waals surface area contributed by atoms with Crippen molar-refractivity contribution < 1.29 is 15.0 Å². The minimum absolute atomic E-state index is 0.0903. The zero-order valence-electron chi connectivity index (χ0n) is 11.0. The zero-order chi connectivity index (χ0) is 14.0. The van der Waals surface area contributed by atoms with Crippen molar-refractivity contribution in [3.8, 4) is 11.5 Å². The molecule has 2 rings (SSSR count). The fourth-order valence-electron chi connectivity index (χ4n) is 2.18. The molecule has 0 atom stereocenters. The van der Waals surface area contributed by atoms with Crippen LogP contribution in [0.1, 0.15) is 12.5 Å². The number of aromatic hydroxyl groups is 2. The zero-order valence-corrected chi connectivity index (χ0v) is 11.0. The van der Waals surface area contributed by atoms with Crippen molar-refractivity contribution in [1.29, 1.82) is 0 Å². The number of phenols is 2. The Balaban J connectivity index is 2.05. The van der Waals surface area contributed by atoms with Gasteiger partial charge in [-0.2, -0.15) is 0 Å². The van der Waals surface area contributed by atoms with Crippen molar-refractivity contribution in [3.05, 3.63) is 30.3 Å². The van der Waals surface area contributed by atoms with E-state index in [4.69, 9.17) is 0 Å². The van der Waals surface area contributed by atoms with Gasteiger partial charge in [-0.1, -0.05) is 6.58 Å². The molecular weight excluding hydrogens is 244 g/mol. The van der Waals surface area contributed by atoms with Crippen LogP contribution in [-0.2, 0) is 4.79 Å². The lowest BCUT2D eigenvalue weighted by molar-refractivity contribution is -0.130. The van der Waals surface area contributed by atoms with Crippen LogP contribution in [0.2, 0.25) is 0 Å². The molecule has 1 aromatic rings. The molecular formula is C14H18N2O3. The normalized spacial score (nSPS) is 15.4. The van der Waals surface area contributed by atoms with Crippen LogP contribution < -0.4 is 0 Å². The SMILES string of the molecule is C=C(c1ccc(O)c(O)c1)N1CCN(C(C)=O)CC1. The average molecular weight is 262 g/mol. The molecule has 0 spiro atoms. The molecule has 1 amide bonds. The molecule has 5 heteroatoms. The monoisotopic (exact) mass is 262 g/mol. The summed E-state index contributed by atoms with van der Waals surface area (Å²) < 4.78 is 0. The lowest BCUT2D eigenvalue weighted by Crippen LogP contribution is -2.47. The summed E-state index contributed by atoms with van der Waals surface area (Å²) in [7, 11) is 0. The first-order valence-corrected chi connectivity index (χ1v) is 6.21. The Kier molecular flexibility index (Phi) is 3.64. The Morgan fingerprint density at radius 2 is 1.68 bits per heavy atom. The predicted molar refractivity (Wildman–Crippen MR) is 72.6 cm³/mol. The van der Waals surface area contributed by atoms with Crippen molar-refractivity contribution >= 4 is 11.6 Å². The maximum Gasteiger partial charge on any atom is 0.219 e. The van der Waals surface area contributed by atoms with Crippen LogP contribution in [0.5, 0.6) is 11.5 Å². The third kappa shape index (κ3) is 2.81. The number of hydrogen-bond acceptors (Lipinski definition) is 4. The molecule has 1 aliphatic heterocycles. The smallest absolute Gasteiger partial charge is 0.219 e. The molecule has 1 aliphatic rings. The van der Waals surface area contributed by atoms with Crippen molar-refractivity contribution in [2.24, 2.45) is 0 Å². The van der Waals surface area contributed by atoms with Gasteiger partial charge in [0.1, 0.15) is 0 Å². The molecule has 2 N–H and O–H groups in total. The summed E-state index contributed by atoms with van der Waals surface area (Å²) >= 11 is 0. The van der Waals surface area contributed by atoms with Crippen LogP contribution in [0.3, 0.4) is 0 Å². The summed E-state index contributed by atoms with van der Waals surface area (Å²) in [5, 5.41) is 18.8. The molecule has 1 heterocycles. The van der Waals surface area contributed by atoms with Gasteiger partial charge in [-0.3, -0.25) is 4.79 Å². The first-order chi connectivity index (χ1) is 8.99. The van der Waals surface area contributed by atoms with E-state index in [1.807, 2.05) is 0 Å². The van der Waals surface area contributed by atoms with Crippen LogP contribution in [0.25, 0.3) is 5.70 Å². The van der Waals surface area contributed by atoms with Gasteiger partial charge in [0.15, 0.2) is 11.5 Å². The number of phenolic OH excluding ortho intramolecular Hbond substituents is 2. The molecule has 5 nitrogen and oxygen atoms in total. The standard InChI is InChI=1S/C14H18N2O3/c1-10(12-3-4-13(18)14(19)9-12)15-5-7-16(8-6-15)11(2)17/h3-4,9,18-19H,1,5-8H2,2H3. The number of piperazine rings is 1. The molecule has 0 radical (unpaired) electrons. The molecule has 0 saturated carbocycles. The second-order valence-corrected chi connectivity index (χ2v) is 4.64. The fourth-order valence-corrected chi connectivity index (χ4v) is 2.18. The molecule has 102 valence electrons. The van der Waals surface area contributed by atoms with E-state index in [0.717, 1.165) is 24.4 Å². The average Bonchev–Trinajstić information content (AvgIpc) is 2.41. The van der Waals surface area contributed by atoms with Crippen molar-refractivity contribution in [2.75, 3.05) is 26.2 Å². The third-order valence-electron chi connectivity index (χ3n) is 3.42. The van der Waals surface area contributed by atoms with Crippen molar-refractivity contribution in [2.45, 2.75) is 6.92 Å². The van der Waals surface area contributed by atoms with Gasteiger partial charge in [0.25, 0.3) is 0 Å². The minimum atomic E-state index is -0.152. The van der Waals surface area contributed by atoms with E-state index >= 15 is 0 Å². The Hall–Kier alpha value is -2.17. The first kappa shape index (κ1) is 13.3. The van der Waals surface area contributed by atoms with E-state index in [9.17, 15) is 15.0 Å². The van der Waals surface area contributed by atoms with Gasteiger partial charge in [0.05, 0.1) is 0 Å². The maximum absolute atomic E-state index is 11.3. The molecule has 0 bridgehead atoms. The van der Waals surface area contributed by atoms with Crippen LogP contribution in [0.15, 0.2) is 24.8 Å². The summed E-state index contributed by atoms with van der Waals surface area (Å²) in [5.41, 5.74) is 1.56. The molecule has 0 aliphatic carbocycles. The number of carbonyl (C=O) groups excluding carboxylic acids is 1. The number of carbonyl (C=O) groups is 1. The minimum Gasteiger partial charge on any atom is -0.504 e. The highest BCUT2D eigenvalue weighted by atomic mass is 16.3. The largest absolute Gasteiger partial charge is 0.504 e. The van der Waals surface area contributed by atoms with Crippen LogP contribution >= 0.6 is 0 Å². The van der Waals surface area contributed by atoms with E-state index < -0.39 is 0 Å². The highest BCUT2D eigenvalue weighted by molar-refractivity contribution is 5.73. The quantitative estimate of drug-likeness (QED) is 0.787. The molecule has 1 saturated heterocycles. The summed E-state index contributed by atoms with van der Waals surface area (Å²) in [6.45, 7) is 8.39. The summed E-state index contributed by atoms with van der Waals surface area (Å²) in [6.07, 6.45) is 0. The third-order valence-corrected chi connectivity index (χ3v) is 3.42. The second kappa shape index (κ2) is 5.22. The number of rotatable bonds is 2. The van der Waals surface area contributed by atoms with Gasteiger partial charge in [0.2, 0.25) is 5.91 Å². The first-order valence-electron chi connectivity index (χ1n) is 6.21. The summed E-state index contributed by atoms with van der Waals surface area (Å²) in [4.78, 5) is 15.1. The Bertz CT molecular complexity index is 505. The molecule has 19 heavy (non-hydrogen) atoms. The number of benzene rings is 1. The number of amides is 1. The Labute approximate surface area is 112 Å². The van der Waals surface area contributed by atoms with Crippen LogP contribution in [0.4, 0.5) is 0 Å². The van der Waals surface area contributed by atoms with Crippen molar-refractivity contribution in [1.82, 2.24) is 9.80 Å². The summed E-state index contributed by atoms with van der Waals surface area (Å²) in [5.74, 6) is -0.202. The molecule has 1 fully saturated rings. The van der Waals surface area contributed by atoms with E-state index in [0.29, 0.717) is 13.1 Å². The molecule has 0 unspecified atom stereocenters. The van der Waals surface area contributed by atoms with Gasteiger partial charge in [0, 0.05) is 44.4 Å². The van der Waals surface area contributed by atoms with Gasteiger partial charge in [-0.05, 0) is 18.2 Å². The number of nitrogens with zero attached hydrogens (tertiary/aromatic N) is 2. The van der Waals surface area contributed by atoms with Crippen molar-refractivity contribution in [3.63, 3.8) is 0 Å². The Morgan fingerprint density at radius 3 is 2.21 bits per heavy atom. The van der Waals surface area contributed by atoms with Crippen LogP contribution in [-0.4, -0.2) is 52.1 Å². The molecule has 1 aromatic carbocycles. The van der Waals surface area contributed by atoms with Gasteiger partial charge in [-0.15, -0.1) is 0 Å². The lowest BCUT2D eigenvalue weighted by Gasteiger charge is -2.36. The molecule has 0 aromatic heterocycles. The highest BCUT2D eigenvalue weighted by Gasteiger charge is 2.20. The van der Waals surface area contributed by atoms with E-state index in [1.165, 1.54) is 12.1 Å². The second-order valence-electron chi connectivity index (χ2n) is 4.64. The Morgan fingerprint density at radius 1 is 1.11 bits per heavy atom. The fraction of sp³-hybridized carbons (Fsp3) is 0.357. The van der Waals surface area contributed by atoms with E-state index in [2.05, 4.69) is 11.5 Å². The lowest BCUT2D eigenvalue weighted by atomic mass is 10.1. The topological polar surface area (TPSA) is 64.0 Å². The van der Waals surface area contributed by atoms with Gasteiger partial charge < -0.3 is 20.0 Å². The maximum atomic E-state index is 11.3. The van der Waals surface area contributed by atoms with Crippen LogP contribution in [0, 0.1) is 0 Å². The van der Waals surface area contributed by atoms with E-state index in [1.54, 1.807) is 17.9 Å². The number of hydrogen-bond donors (Lipinski definition) is 2. The highest BCUT2D eigenvalue weighted by Crippen LogP contribution is 2.29.